The number of hydrogen-bond donors (Lipinski definition) is 0. The Morgan fingerprint density at radius 2 is 1.95 bits per heavy atom. The molecule has 2 aromatic heterocycles. The number of rotatable bonds is 1. The van der Waals surface area contributed by atoms with Crippen LogP contribution in [-0.2, 0) is 5.41 Å². The van der Waals surface area contributed by atoms with Crippen molar-refractivity contribution in [2.75, 3.05) is 0 Å². The number of nitrogens with zero attached hydrogens (tertiary/aromatic N) is 4. The van der Waals surface area contributed by atoms with E-state index in [9.17, 15) is 5.26 Å². The third kappa shape index (κ3) is 2.51. The second-order valence-corrected chi connectivity index (χ2v) is 7.09. The summed E-state index contributed by atoms with van der Waals surface area (Å²) in [5, 5.41) is 14.0. The quantitative estimate of drug-likeness (QED) is 0.653. The Morgan fingerprint density at radius 1 is 1.18 bits per heavy atom. The van der Waals surface area contributed by atoms with Crippen LogP contribution < -0.4 is 0 Å². The highest BCUT2D eigenvalue weighted by Crippen LogP contribution is 2.27. The van der Waals surface area contributed by atoms with Gasteiger partial charge >= 0.3 is 0 Å². The average Bonchev–Trinajstić information content (AvgIpc) is 2.91. The van der Waals surface area contributed by atoms with Crippen molar-refractivity contribution < 1.29 is 0 Å². The van der Waals surface area contributed by atoms with E-state index in [1.807, 2.05) is 30.3 Å². The summed E-state index contributed by atoms with van der Waals surface area (Å²) < 4.78 is 2.76. The highest BCUT2D eigenvalue weighted by molar-refractivity contribution is 9.10. The van der Waals surface area contributed by atoms with Crippen LogP contribution in [0.3, 0.4) is 0 Å². The van der Waals surface area contributed by atoms with Crippen LogP contribution in [0.4, 0.5) is 0 Å². The topological polar surface area (TPSA) is 54.0 Å². The minimum atomic E-state index is -0.173. The molecule has 0 aliphatic heterocycles. The SMILES string of the molecule is CC(C)(C)c1nc2c(C#N)ccc(-c3cccc(Br)c3)n2n1. The Hall–Kier alpha value is -2.19. The molecule has 0 aliphatic rings. The molecule has 0 amide bonds. The van der Waals surface area contributed by atoms with Crippen molar-refractivity contribution in [3.05, 3.63) is 52.3 Å². The van der Waals surface area contributed by atoms with E-state index in [-0.39, 0.29) is 5.41 Å². The molecular weight excluding hydrogens is 340 g/mol. The normalized spacial score (nSPS) is 11.6. The highest BCUT2D eigenvalue weighted by Gasteiger charge is 2.22. The zero-order valence-electron chi connectivity index (χ0n) is 12.6. The van der Waals surface area contributed by atoms with Gasteiger partial charge in [-0.15, -0.1) is 0 Å². The van der Waals surface area contributed by atoms with Gasteiger partial charge < -0.3 is 0 Å². The van der Waals surface area contributed by atoms with Crippen LogP contribution in [0.1, 0.15) is 32.2 Å². The van der Waals surface area contributed by atoms with E-state index in [0.717, 1.165) is 21.6 Å². The largest absolute Gasteiger partial charge is 0.212 e. The molecular formula is C17H15BrN4. The van der Waals surface area contributed by atoms with Crippen LogP contribution in [0.15, 0.2) is 40.9 Å². The standard InChI is InChI=1S/C17H15BrN4/c1-17(2,3)16-20-15-12(10-19)7-8-14(22(15)21-16)11-5-4-6-13(18)9-11/h4-9H,1-3H3. The number of benzene rings is 1. The second kappa shape index (κ2) is 5.22. The van der Waals surface area contributed by atoms with E-state index in [0.29, 0.717) is 11.2 Å². The maximum absolute atomic E-state index is 9.31. The molecule has 3 rings (SSSR count). The monoisotopic (exact) mass is 354 g/mol. The first-order valence-electron chi connectivity index (χ1n) is 6.96. The van der Waals surface area contributed by atoms with E-state index in [1.54, 1.807) is 10.6 Å². The third-order valence-electron chi connectivity index (χ3n) is 3.40. The maximum atomic E-state index is 9.31. The summed E-state index contributed by atoms with van der Waals surface area (Å²) in [6.45, 7) is 6.19. The molecule has 2 heterocycles. The van der Waals surface area contributed by atoms with E-state index in [1.165, 1.54) is 0 Å². The number of halogens is 1. The molecule has 0 atom stereocenters. The molecule has 0 aliphatic carbocycles. The Kier molecular flexibility index (Phi) is 3.50. The first kappa shape index (κ1) is 14.7. The van der Waals surface area contributed by atoms with E-state index < -0.39 is 0 Å². The molecule has 5 heteroatoms. The number of nitriles is 1. The first-order chi connectivity index (χ1) is 10.4. The molecule has 22 heavy (non-hydrogen) atoms. The fraction of sp³-hybridized carbons (Fsp3) is 0.235. The van der Waals surface area contributed by atoms with Crippen molar-refractivity contribution in [1.29, 1.82) is 5.26 Å². The molecule has 110 valence electrons. The van der Waals surface area contributed by atoms with Gasteiger partial charge in [0.2, 0.25) is 0 Å². The van der Waals surface area contributed by atoms with Gasteiger partial charge in [0, 0.05) is 15.5 Å². The molecule has 0 spiro atoms. The van der Waals surface area contributed by atoms with Crippen LogP contribution in [0, 0.1) is 11.3 Å². The van der Waals surface area contributed by atoms with E-state index in [2.05, 4.69) is 52.9 Å². The van der Waals surface area contributed by atoms with Gasteiger partial charge in [0.15, 0.2) is 11.5 Å². The van der Waals surface area contributed by atoms with Gasteiger partial charge in [-0.05, 0) is 24.3 Å². The van der Waals surface area contributed by atoms with Gasteiger partial charge in [-0.25, -0.2) is 9.50 Å². The fourth-order valence-electron chi connectivity index (χ4n) is 2.23. The van der Waals surface area contributed by atoms with Crippen molar-refractivity contribution in [3.8, 4) is 17.3 Å². The number of pyridine rings is 1. The highest BCUT2D eigenvalue weighted by atomic mass is 79.9. The molecule has 0 saturated carbocycles. The van der Waals surface area contributed by atoms with Gasteiger partial charge in [-0.3, -0.25) is 0 Å². The summed E-state index contributed by atoms with van der Waals surface area (Å²) >= 11 is 3.49. The molecule has 0 N–H and O–H groups in total. The lowest BCUT2D eigenvalue weighted by Gasteiger charge is -2.12. The molecule has 4 nitrogen and oxygen atoms in total. The summed E-state index contributed by atoms with van der Waals surface area (Å²) in [5.74, 6) is 0.728. The average molecular weight is 355 g/mol. The molecule has 0 unspecified atom stereocenters. The fourth-order valence-corrected chi connectivity index (χ4v) is 2.63. The zero-order valence-corrected chi connectivity index (χ0v) is 14.2. The van der Waals surface area contributed by atoms with Crippen molar-refractivity contribution in [2.24, 2.45) is 0 Å². The third-order valence-corrected chi connectivity index (χ3v) is 3.89. The molecule has 1 aromatic carbocycles. The predicted octanol–water partition coefficient (Wildman–Crippen LogP) is 4.33. The first-order valence-corrected chi connectivity index (χ1v) is 7.76. The zero-order chi connectivity index (χ0) is 15.9. The Bertz CT molecular complexity index is 897. The number of aromatic nitrogens is 3. The molecule has 0 saturated heterocycles. The summed E-state index contributed by atoms with van der Waals surface area (Å²) in [7, 11) is 0. The van der Waals surface area contributed by atoms with Crippen LogP contribution in [0.5, 0.6) is 0 Å². The van der Waals surface area contributed by atoms with Gasteiger partial charge in [-0.2, -0.15) is 10.4 Å². The molecule has 0 bridgehead atoms. The summed E-state index contributed by atoms with van der Waals surface area (Å²) in [6.07, 6.45) is 0. The Labute approximate surface area is 137 Å². The molecule has 0 fully saturated rings. The van der Waals surface area contributed by atoms with Crippen molar-refractivity contribution in [3.63, 3.8) is 0 Å². The lowest BCUT2D eigenvalue weighted by molar-refractivity contribution is 0.545. The minimum Gasteiger partial charge on any atom is -0.212 e. The second-order valence-electron chi connectivity index (χ2n) is 6.18. The summed E-state index contributed by atoms with van der Waals surface area (Å²) in [6, 6.07) is 13.9. The Balaban J connectivity index is 2.33. The van der Waals surface area contributed by atoms with Gasteiger partial charge in [0.25, 0.3) is 0 Å². The molecule has 3 aromatic rings. The van der Waals surface area contributed by atoms with Crippen molar-refractivity contribution >= 4 is 21.6 Å². The van der Waals surface area contributed by atoms with Crippen molar-refractivity contribution in [2.45, 2.75) is 26.2 Å². The van der Waals surface area contributed by atoms with E-state index in [4.69, 9.17) is 0 Å². The Morgan fingerprint density at radius 3 is 2.59 bits per heavy atom. The van der Waals surface area contributed by atoms with Gasteiger partial charge in [0.1, 0.15) is 6.07 Å². The van der Waals surface area contributed by atoms with Gasteiger partial charge in [-0.1, -0.05) is 48.8 Å². The number of fused-ring (bicyclic) bond motifs is 1. The number of hydrogen-bond acceptors (Lipinski definition) is 3. The lowest BCUT2D eigenvalue weighted by Crippen LogP contribution is -2.13. The smallest absolute Gasteiger partial charge is 0.174 e. The van der Waals surface area contributed by atoms with Crippen LogP contribution >= 0.6 is 15.9 Å². The summed E-state index contributed by atoms with van der Waals surface area (Å²) in [5.41, 5.74) is 2.90. The molecule has 0 radical (unpaired) electrons. The van der Waals surface area contributed by atoms with Crippen molar-refractivity contribution in [1.82, 2.24) is 14.6 Å². The minimum absolute atomic E-state index is 0.173. The predicted molar refractivity (Wildman–Crippen MR) is 89.5 cm³/mol. The van der Waals surface area contributed by atoms with Crippen LogP contribution in [0.25, 0.3) is 16.9 Å². The maximum Gasteiger partial charge on any atom is 0.174 e. The van der Waals surface area contributed by atoms with Crippen LogP contribution in [0.2, 0.25) is 0 Å². The van der Waals surface area contributed by atoms with E-state index >= 15 is 0 Å². The lowest BCUT2D eigenvalue weighted by atomic mass is 9.96. The summed E-state index contributed by atoms with van der Waals surface area (Å²) in [4.78, 5) is 4.58. The van der Waals surface area contributed by atoms with Crippen LogP contribution in [-0.4, -0.2) is 14.6 Å². The van der Waals surface area contributed by atoms with Gasteiger partial charge in [0.05, 0.1) is 11.3 Å².